The summed E-state index contributed by atoms with van der Waals surface area (Å²) in [6.07, 6.45) is 5.14. The number of hydrogen-bond donors (Lipinski definition) is 1. The Hall–Kier alpha value is -3.15. The van der Waals surface area contributed by atoms with Gasteiger partial charge in [-0.15, -0.1) is 0 Å². The molecule has 1 amide bonds. The molecule has 2 aromatic carbocycles. The molecule has 1 heterocycles. The van der Waals surface area contributed by atoms with Gasteiger partial charge in [0.1, 0.15) is 11.6 Å². The van der Waals surface area contributed by atoms with Crippen LogP contribution in [-0.2, 0) is 17.8 Å². The van der Waals surface area contributed by atoms with Crippen LogP contribution in [0.4, 0.5) is 4.39 Å². The highest BCUT2D eigenvalue weighted by Crippen LogP contribution is 2.26. The highest BCUT2D eigenvalue weighted by Gasteiger charge is 2.19. The molecule has 5 nitrogen and oxygen atoms in total. The minimum absolute atomic E-state index is 0.0690. The fourth-order valence-electron chi connectivity index (χ4n) is 4.13. The van der Waals surface area contributed by atoms with Crippen LogP contribution in [0.5, 0.6) is 5.75 Å². The molecule has 162 valence electrons. The van der Waals surface area contributed by atoms with Crippen molar-refractivity contribution in [3.05, 3.63) is 76.9 Å². The van der Waals surface area contributed by atoms with Crippen LogP contribution < -0.4 is 10.1 Å². The van der Waals surface area contributed by atoms with Crippen molar-refractivity contribution in [2.24, 2.45) is 0 Å². The second-order valence-corrected chi connectivity index (χ2v) is 8.12. The van der Waals surface area contributed by atoms with E-state index in [9.17, 15) is 9.18 Å². The number of nitrogens with one attached hydrogen (secondary N) is 1. The summed E-state index contributed by atoms with van der Waals surface area (Å²) in [5.41, 5.74) is 4.31. The van der Waals surface area contributed by atoms with E-state index in [1.807, 2.05) is 38.1 Å². The van der Waals surface area contributed by atoms with Gasteiger partial charge in [0, 0.05) is 23.4 Å². The van der Waals surface area contributed by atoms with Gasteiger partial charge in [0.2, 0.25) is 5.91 Å². The fourth-order valence-corrected chi connectivity index (χ4v) is 4.13. The minimum Gasteiger partial charge on any atom is -0.490 e. The Morgan fingerprint density at radius 3 is 2.58 bits per heavy atom. The van der Waals surface area contributed by atoms with E-state index in [1.54, 1.807) is 16.8 Å². The molecule has 0 saturated heterocycles. The van der Waals surface area contributed by atoms with Gasteiger partial charge < -0.3 is 10.1 Å². The van der Waals surface area contributed by atoms with E-state index in [2.05, 4.69) is 10.4 Å². The lowest BCUT2D eigenvalue weighted by atomic mass is 10.1. The van der Waals surface area contributed by atoms with Crippen molar-refractivity contribution in [2.75, 3.05) is 0 Å². The molecule has 0 atom stereocenters. The number of benzene rings is 2. The first-order valence-electron chi connectivity index (χ1n) is 10.8. The molecular weight excluding hydrogens is 393 g/mol. The predicted molar refractivity (Wildman–Crippen MR) is 118 cm³/mol. The number of ether oxygens (including phenoxy) is 1. The third-order valence-electron chi connectivity index (χ3n) is 5.89. The molecule has 0 radical (unpaired) electrons. The zero-order chi connectivity index (χ0) is 21.8. The molecule has 0 aliphatic heterocycles. The van der Waals surface area contributed by atoms with Crippen molar-refractivity contribution in [2.45, 2.75) is 58.6 Å². The van der Waals surface area contributed by atoms with Crippen LogP contribution in [-0.4, -0.2) is 21.8 Å². The van der Waals surface area contributed by atoms with Crippen LogP contribution in [0.15, 0.2) is 48.5 Å². The van der Waals surface area contributed by atoms with E-state index >= 15 is 0 Å². The second kappa shape index (κ2) is 9.33. The standard InChI is InChI=1S/C25H28FN3O2/c1-17-23(18(2)29(28-17)21-13-11-20(26)12-14-21)15-25(30)27-16-19-7-3-6-10-24(19)31-22-8-4-5-9-22/h3,6-7,10-14,22H,4-5,8-9,15-16H2,1-2H3,(H,27,30). The zero-order valence-electron chi connectivity index (χ0n) is 18.0. The molecule has 0 bridgehead atoms. The van der Waals surface area contributed by atoms with Crippen molar-refractivity contribution in [3.8, 4) is 11.4 Å². The van der Waals surface area contributed by atoms with Gasteiger partial charge in [-0.2, -0.15) is 5.10 Å². The Morgan fingerprint density at radius 2 is 1.84 bits per heavy atom. The Kier molecular flexibility index (Phi) is 6.35. The molecule has 1 fully saturated rings. The zero-order valence-corrected chi connectivity index (χ0v) is 18.0. The molecule has 1 aromatic heterocycles. The third-order valence-corrected chi connectivity index (χ3v) is 5.89. The number of nitrogens with zero attached hydrogens (tertiary/aromatic N) is 2. The molecule has 1 aliphatic rings. The van der Waals surface area contributed by atoms with Crippen molar-refractivity contribution < 1.29 is 13.9 Å². The summed E-state index contributed by atoms with van der Waals surface area (Å²) >= 11 is 0. The SMILES string of the molecule is Cc1nn(-c2ccc(F)cc2)c(C)c1CC(=O)NCc1ccccc1OC1CCCC1. The van der Waals surface area contributed by atoms with Crippen LogP contribution in [0.2, 0.25) is 0 Å². The minimum atomic E-state index is -0.290. The maximum atomic E-state index is 13.2. The van der Waals surface area contributed by atoms with E-state index in [4.69, 9.17) is 4.74 Å². The number of aryl methyl sites for hydroxylation is 1. The number of carbonyl (C=O) groups excluding carboxylic acids is 1. The van der Waals surface area contributed by atoms with Crippen LogP contribution >= 0.6 is 0 Å². The van der Waals surface area contributed by atoms with Gasteiger partial charge in [0.25, 0.3) is 0 Å². The summed E-state index contributed by atoms with van der Waals surface area (Å²) in [6, 6.07) is 14.1. The molecule has 0 unspecified atom stereocenters. The van der Waals surface area contributed by atoms with Crippen molar-refractivity contribution >= 4 is 5.91 Å². The van der Waals surface area contributed by atoms with Gasteiger partial charge in [-0.3, -0.25) is 4.79 Å². The van der Waals surface area contributed by atoms with Gasteiger partial charge >= 0.3 is 0 Å². The summed E-state index contributed by atoms with van der Waals surface area (Å²) in [5, 5.41) is 7.57. The van der Waals surface area contributed by atoms with Gasteiger partial charge in [0.05, 0.1) is 23.9 Å². The van der Waals surface area contributed by atoms with Crippen LogP contribution in [0.3, 0.4) is 0 Å². The summed E-state index contributed by atoms with van der Waals surface area (Å²) in [4.78, 5) is 12.7. The molecule has 1 aliphatic carbocycles. The molecule has 1 N–H and O–H groups in total. The first kappa shape index (κ1) is 21.1. The predicted octanol–water partition coefficient (Wildman–Crippen LogP) is 4.81. The lowest BCUT2D eigenvalue weighted by molar-refractivity contribution is -0.120. The lowest BCUT2D eigenvalue weighted by Crippen LogP contribution is -2.25. The molecule has 1 saturated carbocycles. The Balaban J connectivity index is 1.41. The number of rotatable bonds is 7. The highest BCUT2D eigenvalue weighted by molar-refractivity contribution is 5.79. The number of hydrogen-bond acceptors (Lipinski definition) is 3. The smallest absolute Gasteiger partial charge is 0.224 e. The number of para-hydroxylation sites is 1. The van der Waals surface area contributed by atoms with Crippen molar-refractivity contribution in [3.63, 3.8) is 0 Å². The number of halogens is 1. The molecule has 6 heteroatoms. The average Bonchev–Trinajstić information content (AvgIpc) is 3.37. The molecular formula is C25H28FN3O2. The van der Waals surface area contributed by atoms with Crippen LogP contribution in [0, 0.1) is 19.7 Å². The van der Waals surface area contributed by atoms with E-state index in [1.165, 1.54) is 25.0 Å². The first-order valence-corrected chi connectivity index (χ1v) is 10.8. The average molecular weight is 422 g/mol. The fraction of sp³-hybridized carbons (Fsp3) is 0.360. The first-order chi connectivity index (χ1) is 15.0. The normalized spacial score (nSPS) is 14.0. The van der Waals surface area contributed by atoms with E-state index < -0.39 is 0 Å². The third kappa shape index (κ3) is 4.95. The molecule has 0 spiro atoms. The molecule has 3 aromatic rings. The van der Waals surface area contributed by atoms with E-state index in [0.29, 0.717) is 6.54 Å². The topological polar surface area (TPSA) is 56.2 Å². The second-order valence-electron chi connectivity index (χ2n) is 8.12. The summed E-state index contributed by atoms with van der Waals surface area (Å²) in [6.45, 7) is 4.24. The number of amides is 1. The Bertz CT molecular complexity index is 1050. The molecule has 31 heavy (non-hydrogen) atoms. The maximum Gasteiger partial charge on any atom is 0.224 e. The van der Waals surface area contributed by atoms with Crippen molar-refractivity contribution in [1.82, 2.24) is 15.1 Å². The van der Waals surface area contributed by atoms with Gasteiger partial charge in [0.15, 0.2) is 0 Å². The van der Waals surface area contributed by atoms with Crippen LogP contribution in [0.1, 0.15) is 48.2 Å². The lowest BCUT2D eigenvalue weighted by Gasteiger charge is -2.17. The van der Waals surface area contributed by atoms with E-state index in [0.717, 1.165) is 46.8 Å². The molecule has 4 rings (SSSR count). The quantitative estimate of drug-likeness (QED) is 0.596. The van der Waals surface area contributed by atoms with Gasteiger partial charge in [-0.05, 0) is 69.9 Å². The van der Waals surface area contributed by atoms with Crippen LogP contribution in [0.25, 0.3) is 5.69 Å². The summed E-state index contributed by atoms with van der Waals surface area (Å²) in [5.74, 6) is 0.494. The Morgan fingerprint density at radius 1 is 1.13 bits per heavy atom. The monoisotopic (exact) mass is 421 g/mol. The largest absolute Gasteiger partial charge is 0.490 e. The summed E-state index contributed by atoms with van der Waals surface area (Å²) < 4.78 is 21.2. The van der Waals surface area contributed by atoms with E-state index in [-0.39, 0.29) is 24.2 Å². The Labute approximate surface area is 182 Å². The number of carbonyl (C=O) groups is 1. The van der Waals surface area contributed by atoms with Gasteiger partial charge in [-0.25, -0.2) is 9.07 Å². The van der Waals surface area contributed by atoms with Gasteiger partial charge in [-0.1, -0.05) is 18.2 Å². The maximum absolute atomic E-state index is 13.2. The van der Waals surface area contributed by atoms with Crippen molar-refractivity contribution in [1.29, 1.82) is 0 Å². The summed E-state index contributed by atoms with van der Waals surface area (Å²) in [7, 11) is 0. The highest BCUT2D eigenvalue weighted by atomic mass is 19.1. The number of aromatic nitrogens is 2.